The van der Waals surface area contributed by atoms with E-state index in [-0.39, 0.29) is 12.0 Å². The number of piperidine rings is 1. The van der Waals surface area contributed by atoms with Gasteiger partial charge in [-0.2, -0.15) is 0 Å². The van der Waals surface area contributed by atoms with E-state index in [0.29, 0.717) is 31.1 Å². The van der Waals surface area contributed by atoms with Crippen LogP contribution in [0.3, 0.4) is 0 Å². The van der Waals surface area contributed by atoms with E-state index in [1.54, 1.807) is 14.2 Å². The highest BCUT2D eigenvalue weighted by Crippen LogP contribution is 2.27. The van der Waals surface area contributed by atoms with E-state index in [1.807, 2.05) is 23.1 Å². The number of ether oxygens (including phenoxy) is 2. The van der Waals surface area contributed by atoms with Crippen molar-refractivity contribution < 1.29 is 19.4 Å². The molecule has 1 saturated heterocycles. The molecule has 6 nitrogen and oxygen atoms in total. The molecule has 2 N–H and O–H groups in total. The predicted octanol–water partition coefficient (Wildman–Crippen LogP) is 0.819. The van der Waals surface area contributed by atoms with E-state index in [0.717, 1.165) is 31.4 Å². The van der Waals surface area contributed by atoms with Gasteiger partial charge in [-0.1, -0.05) is 6.07 Å². The Hall–Kier alpha value is -1.79. The minimum atomic E-state index is -0.302. The highest BCUT2D eigenvalue weighted by molar-refractivity contribution is 5.78. The van der Waals surface area contributed by atoms with Crippen LogP contribution in [-0.2, 0) is 11.2 Å². The van der Waals surface area contributed by atoms with Crippen molar-refractivity contribution in [3.05, 3.63) is 23.8 Å². The average molecular weight is 322 g/mol. The van der Waals surface area contributed by atoms with Crippen molar-refractivity contribution in [3.8, 4) is 11.5 Å². The summed E-state index contributed by atoms with van der Waals surface area (Å²) in [5.74, 6) is 1.39. The molecule has 0 aromatic heterocycles. The van der Waals surface area contributed by atoms with Gasteiger partial charge in [-0.3, -0.25) is 9.69 Å². The van der Waals surface area contributed by atoms with Crippen molar-refractivity contribution in [2.75, 3.05) is 40.4 Å². The van der Waals surface area contributed by atoms with E-state index >= 15 is 0 Å². The molecule has 0 radical (unpaired) electrons. The third kappa shape index (κ3) is 5.41. The number of methoxy groups -OCH3 is 2. The number of nitrogens with zero attached hydrogens (tertiary/aromatic N) is 1. The number of likely N-dealkylation sites (tertiary alicyclic amines) is 1. The van der Waals surface area contributed by atoms with Crippen LogP contribution in [0.15, 0.2) is 18.2 Å². The van der Waals surface area contributed by atoms with E-state index < -0.39 is 0 Å². The van der Waals surface area contributed by atoms with Crippen LogP contribution in [0.1, 0.15) is 18.4 Å². The highest BCUT2D eigenvalue weighted by Gasteiger charge is 2.19. The minimum absolute atomic E-state index is 0.000392. The molecule has 1 aromatic rings. The normalized spacial score (nSPS) is 18.5. The summed E-state index contributed by atoms with van der Waals surface area (Å²) in [6.07, 6.45) is 2.20. The maximum Gasteiger partial charge on any atom is 0.234 e. The number of aliphatic hydroxyl groups is 1. The topological polar surface area (TPSA) is 71.0 Å². The first-order chi connectivity index (χ1) is 11.1. The molecule has 1 fully saturated rings. The Morgan fingerprint density at radius 1 is 1.35 bits per heavy atom. The van der Waals surface area contributed by atoms with Gasteiger partial charge in [0, 0.05) is 13.1 Å². The molecule has 0 aliphatic carbocycles. The lowest BCUT2D eigenvalue weighted by Gasteiger charge is -2.29. The molecule has 0 saturated carbocycles. The zero-order chi connectivity index (χ0) is 16.7. The first-order valence-electron chi connectivity index (χ1n) is 8.00. The molecule has 6 heteroatoms. The Kier molecular flexibility index (Phi) is 6.67. The van der Waals surface area contributed by atoms with Crippen LogP contribution < -0.4 is 14.8 Å². The molecular formula is C17H26N2O4. The zero-order valence-electron chi connectivity index (χ0n) is 13.9. The lowest BCUT2D eigenvalue weighted by molar-refractivity contribution is -0.122. The molecule has 0 bridgehead atoms. The molecule has 1 aliphatic rings. The van der Waals surface area contributed by atoms with Crippen molar-refractivity contribution in [1.82, 2.24) is 10.2 Å². The van der Waals surface area contributed by atoms with Crippen molar-refractivity contribution in [3.63, 3.8) is 0 Å². The second-order valence-corrected chi connectivity index (χ2v) is 5.82. The van der Waals surface area contributed by atoms with E-state index in [9.17, 15) is 9.90 Å². The van der Waals surface area contributed by atoms with Crippen molar-refractivity contribution in [2.24, 2.45) is 0 Å². The molecule has 1 heterocycles. The number of aliphatic hydroxyl groups excluding tert-OH is 1. The summed E-state index contributed by atoms with van der Waals surface area (Å²) in [7, 11) is 3.21. The number of rotatable bonds is 7. The smallest absolute Gasteiger partial charge is 0.234 e. The third-order valence-electron chi connectivity index (χ3n) is 4.03. The quantitative estimate of drug-likeness (QED) is 0.778. The van der Waals surface area contributed by atoms with Crippen LogP contribution in [0.4, 0.5) is 0 Å². The molecule has 1 atom stereocenters. The van der Waals surface area contributed by atoms with Crippen molar-refractivity contribution in [2.45, 2.75) is 25.4 Å². The molecule has 2 rings (SSSR count). The van der Waals surface area contributed by atoms with Crippen LogP contribution in [0, 0.1) is 0 Å². The number of hydrogen-bond donors (Lipinski definition) is 2. The van der Waals surface area contributed by atoms with Gasteiger partial charge in [0.15, 0.2) is 11.5 Å². The molecule has 1 unspecified atom stereocenters. The number of hydrogen-bond acceptors (Lipinski definition) is 5. The fourth-order valence-corrected chi connectivity index (χ4v) is 2.82. The standard InChI is InChI=1S/C17H26N2O4/c1-22-15-6-5-13(10-16(15)23-2)7-8-18-17(21)12-19-9-3-4-14(20)11-19/h5-6,10,14,20H,3-4,7-9,11-12H2,1-2H3,(H,18,21). The van der Waals surface area contributed by atoms with Gasteiger partial charge in [0.1, 0.15) is 0 Å². The fraction of sp³-hybridized carbons (Fsp3) is 0.588. The van der Waals surface area contributed by atoms with Gasteiger partial charge < -0.3 is 19.9 Å². The van der Waals surface area contributed by atoms with Gasteiger partial charge in [-0.05, 0) is 43.5 Å². The lowest BCUT2D eigenvalue weighted by atomic mass is 10.1. The fourth-order valence-electron chi connectivity index (χ4n) is 2.82. The first kappa shape index (κ1) is 17.6. The third-order valence-corrected chi connectivity index (χ3v) is 4.03. The Bertz CT molecular complexity index is 521. The summed E-state index contributed by atoms with van der Waals surface area (Å²) in [5, 5.41) is 12.5. The van der Waals surface area contributed by atoms with Crippen LogP contribution >= 0.6 is 0 Å². The lowest BCUT2D eigenvalue weighted by Crippen LogP contribution is -2.44. The summed E-state index contributed by atoms with van der Waals surface area (Å²) in [5.41, 5.74) is 1.08. The summed E-state index contributed by atoms with van der Waals surface area (Å²) in [4.78, 5) is 14.0. The Labute approximate surface area is 137 Å². The maximum absolute atomic E-state index is 12.0. The van der Waals surface area contributed by atoms with Gasteiger partial charge >= 0.3 is 0 Å². The Balaban J connectivity index is 1.75. The number of benzene rings is 1. The van der Waals surface area contributed by atoms with Crippen molar-refractivity contribution >= 4 is 5.91 Å². The van der Waals surface area contributed by atoms with Gasteiger partial charge in [0.25, 0.3) is 0 Å². The van der Waals surface area contributed by atoms with Crippen LogP contribution in [0.5, 0.6) is 11.5 Å². The van der Waals surface area contributed by atoms with E-state index in [2.05, 4.69) is 5.32 Å². The molecule has 128 valence electrons. The predicted molar refractivity (Wildman–Crippen MR) is 87.9 cm³/mol. The number of carbonyl (C=O) groups is 1. The van der Waals surface area contributed by atoms with Crippen LogP contribution in [-0.4, -0.2) is 62.4 Å². The van der Waals surface area contributed by atoms with Gasteiger partial charge in [0.05, 0.1) is 26.9 Å². The first-order valence-corrected chi connectivity index (χ1v) is 8.00. The largest absolute Gasteiger partial charge is 0.493 e. The summed E-state index contributed by atoms with van der Waals surface area (Å²) in [6.45, 7) is 2.39. The zero-order valence-corrected chi connectivity index (χ0v) is 13.9. The molecule has 0 spiro atoms. The Morgan fingerprint density at radius 3 is 2.83 bits per heavy atom. The summed E-state index contributed by atoms with van der Waals surface area (Å²) >= 11 is 0. The monoisotopic (exact) mass is 322 g/mol. The number of β-amino-alcohol motifs (C(OH)–C–C–N with tert-alkyl or cyclic N) is 1. The SMILES string of the molecule is COc1ccc(CCNC(=O)CN2CCCC(O)C2)cc1OC. The molecular weight excluding hydrogens is 296 g/mol. The van der Waals surface area contributed by atoms with Crippen LogP contribution in [0.25, 0.3) is 0 Å². The van der Waals surface area contributed by atoms with E-state index in [4.69, 9.17) is 9.47 Å². The second-order valence-electron chi connectivity index (χ2n) is 5.82. The van der Waals surface area contributed by atoms with Crippen LogP contribution in [0.2, 0.25) is 0 Å². The minimum Gasteiger partial charge on any atom is -0.493 e. The number of nitrogens with one attached hydrogen (secondary N) is 1. The molecule has 23 heavy (non-hydrogen) atoms. The maximum atomic E-state index is 12.0. The highest BCUT2D eigenvalue weighted by atomic mass is 16.5. The van der Waals surface area contributed by atoms with Gasteiger partial charge in [-0.25, -0.2) is 0 Å². The van der Waals surface area contributed by atoms with E-state index in [1.165, 1.54) is 0 Å². The summed E-state index contributed by atoms with van der Waals surface area (Å²) in [6, 6.07) is 5.76. The van der Waals surface area contributed by atoms with Gasteiger partial charge in [0.2, 0.25) is 5.91 Å². The molecule has 1 amide bonds. The number of carbonyl (C=O) groups excluding carboxylic acids is 1. The van der Waals surface area contributed by atoms with Crippen molar-refractivity contribution in [1.29, 1.82) is 0 Å². The number of amides is 1. The molecule has 1 aliphatic heterocycles. The Morgan fingerprint density at radius 2 is 2.13 bits per heavy atom. The summed E-state index contributed by atoms with van der Waals surface area (Å²) < 4.78 is 10.5. The average Bonchev–Trinajstić information content (AvgIpc) is 2.54. The van der Waals surface area contributed by atoms with Gasteiger partial charge in [-0.15, -0.1) is 0 Å². The second kappa shape index (κ2) is 8.74. The molecule has 1 aromatic carbocycles.